The molecule has 0 aliphatic heterocycles. The van der Waals surface area contributed by atoms with E-state index in [0.717, 1.165) is 12.1 Å². The van der Waals surface area contributed by atoms with Gasteiger partial charge in [0.2, 0.25) is 10.0 Å². The Morgan fingerprint density at radius 1 is 1.15 bits per heavy atom. The molecule has 0 amide bonds. The predicted molar refractivity (Wildman–Crippen MR) is 68.8 cm³/mol. The number of ether oxygens (including phenoxy) is 1. The molecule has 4 nitrogen and oxygen atoms in total. The molecule has 0 bridgehead atoms. The SMILES string of the molecule is NS(=O)(=O)CCCCCOc1cccc(C(F)(F)F)c1. The average Bonchev–Trinajstić information content (AvgIpc) is 2.31. The second-order valence-electron chi connectivity index (χ2n) is 4.30. The van der Waals surface area contributed by atoms with Gasteiger partial charge in [-0.2, -0.15) is 13.2 Å². The summed E-state index contributed by atoms with van der Waals surface area (Å²) in [5.74, 6) is 0.0441. The van der Waals surface area contributed by atoms with Crippen LogP contribution < -0.4 is 9.88 Å². The van der Waals surface area contributed by atoms with Crippen molar-refractivity contribution in [1.29, 1.82) is 0 Å². The molecule has 0 saturated carbocycles. The maximum absolute atomic E-state index is 12.4. The van der Waals surface area contributed by atoms with E-state index in [1.807, 2.05) is 0 Å². The topological polar surface area (TPSA) is 69.4 Å². The van der Waals surface area contributed by atoms with E-state index in [2.05, 4.69) is 0 Å². The summed E-state index contributed by atoms with van der Waals surface area (Å²) in [7, 11) is -3.45. The van der Waals surface area contributed by atoms with Crippen LogP contribution in [0.4, 0.5) is 13.2 Å². The van der Waals surface area contributed by atoms with Gasteiger partial charge in [-0.3, -0.25) is 0 Å². The third-order valence-corrected chi connectivity index (χ3v) is 3.36. The minimum atomic E-state index is -4.39. The Labute approximate surface area is 115 Å². The van der Waals surface area contributed by atoms with Gasteiger partial charge in [-0.1, -0.05) is 6.07 Å². The first-order valence-electron chi connectivity index (χ1n) is 5.99. The zero-order chi connectivity index (χ0) is 15.2. The molecule has 8 heteroatoms. The van der Waals surface area contributed by atoms with Gasteiger partial charge in [-0.05, 0) is 37.5 Å². The van der Waals surface area contributed by atoms with Crippen molar-refractivity contribution in [3.63, 3.8) is 0 Å². The second-order valence-corrected chi connectivity index (χ2v) is 6.04. The number of hydrogen-bond acceptors (Lipinski definition) is 3. The van der Waals surface area contributed by atoms with Crippen LogP contribution in [0.5, 0.6) is 5.75 Å². The maximum Gasteiger partial charge on any atom is 0.416 e. The van der Waals surface area contributed by atoms with Gasteiger partial charge >= 0.3 is 6.18 Å². The number of primary sulfonamides is 1. The summed E-state index contributed by atoms with van der Waals surface area (Å²) < 4.78 is 63.8. The van der Waals surface area contributed by atoms with Crippen molar-refractivity contribution in [3.8, 4) is 5.75 Å². The number of halogens is 3. The molecule has 1 aromatic rings. The van der Waals surface area contributed by atoms with E-state index in [4.69, 9.17) is 9.88 Å². The van der Waals surface area contributed by atoms with E-state index < -0.39 is 21.8 Å². The third kappa shape index (κ3) is 6.76. The normalized spacial score (nSPS) is 12.4. The van der Waals surface area contributed by atoms with Crippen LogP contribution in [0.25, 0.3) is 0 Å². The average molecular weight is 311 g/mol. The summed E-state index contributed by atoms with van der Waals surface area (Å²) in [6, 6.07) is 4.63. The number of benzene rings is 1. The van der Waals surface area contributed by atoms with Crippen LogP contribution in [0.3, 0.4) is 0 Å². The Hall–Kier alpha value is -1.28. The molecule has 0 aliphatic rings. The van der Waals surface area contributed by atoms with Crippen LogP contribution in [0, 0.1) is 0 Å². The minimum Gasteiger partial charge on any atom is -0.494 e. The Kier molecular flexibility index (Phi) is 5.82. The molecule has 20 heavy (non-hydrogen) atoms. The number of hydrogen-bond donors (Lipinski definition) is 1. The minimum absolute atomic E-state index is 0.101. The highest BCUT2D eigenvalue weighted by molar-refractivity contribution is 7.89. The molecule has 0 fully saturated rings. The Morgan fingerprint density at radius 2 is 1.85 bits per heavy atom. The van der Waals surface area contributed by atoms with Crippen LogP contribution in [0.2, 0.25) is 0 Å². The molecular weight excluding hydrogens is 295 g/mol. The van der Waals surface area contributed by atoms with E-state index in [9.17, 15) is 21.6 Å². The van der Waals surface area contributed by atoms with Gasteiger partial charge in [0.05, 0.1) is 17.9 Å². The summed E-state index contributed by atoms with van der Waals surface area (Å²) in [5.41, 5.74) is -0.760. The molecule has 0 saturated heterocycles. The van der Waals surface area contributed by atoms with Gasteiger partial charge in [-0.25, -0.2) is 13.6 Å². The molecule has 1 rings (SSSR count). The van der Waals surface area contributed by atoms with Crippen LogP contribution in [0.1, 0.15) is 24.8 Å². The molecule has 0 heterocycles. The Morgan fingerprint density at radius 3 is 2.45 bits per heavy atom. The van der Waals surface area contributed by atoms with Crippen molar-refractivity contribution in [3.05, 3.63) is 29.8 Å². The van der Waals surface area contributed by atoms with Crippen molar-refractivity contribution in [2.75, 3.05) is 12.4 Å². The fourth-order valence-electron chi connectivity index (χ4n) is 1.53. The summed E-state index contributed by atoms with van der Waals surface area (Å²) >= 11 is 0. The maximum atomic E-state index is 12.4. The number of unbranched alkanes of at least 4 members (excludes halogenated alkanes) is 2. The van der Waals surface area contributed by atoms with Crippen LogP contribution in [-0.2, 0) is 16.2 Å². The molecule has 0 aromatic heterocycles. The first-order valence-corrected chi connectivity index (χ1v) is 7.70. The van der Waals surface area contributed by atoms with E-state index in [1.54, 1.807) is 0 Å². The molecule has 2 N–H and O–H groups in total. The first kappa shape index (κ1) is 16.8. The lowest BCUT2D eigenvalue weighted by Crippen LogP contribution is -2.16. The van der Waals surface area contributed by atoms with Gasteiger partial charge in [0.25, 0.3) is 0 Å². The summed E-state index contributed by atoms with van der Waals surface area (Å²) in [4.78, 5) is 0. The van der Waals surface area contributed by atoms with Gasteiger partial charge in [0.1, 0.15) is 5.75 Å². The molecule has 0 aliphatic carbocycles. The summed E-state index contributed by atoms with van der Waals surface area (Å²) in [6.07, 6.45) is -2.86. The molecule has 0 atom stereocenters. The fraction of sp³-hybridized carbons (Fsp3) is 0.500. The molecular formula is C12H16F3NO3S. The lowest BCUT2D eigenvalue weighted by molar-refractivity contribution is -0.137. The van der Waals surface area contributed by atoms with Crippen molar-refractivity contribution in [2.45, 2.75) is 25.4 Å². The van der Waals surface area contributed by atoms with E-state index in [0.29, 0.717) is 19.3 Å². The van der Waals surface area contributed by atoms with Gasteiger partial charge in [0.15, 0.2) is 0 Å². The van der Waals surface area contributed by atoms with Gasteiger partial charge in [0, 0.05) is 0 Å². The molecule has 0 spiro atoms. The highest BCUT2D eigenvalue weighted by Gasteiger charge is 2.30. The molecule has 114 valence electrons. The first-order chi connectivity index (χ1) is 9.18. The lowest BCUT2D eigenvalue weighted by atomic mass is 10.2. The van der Waals surface area contributed by atoms with Gasteiger partial charge < -0.3 is 4.74 Å². The van der Waals surface area contributed by atoms with Crippen LogP contribution in [-0.4, -0.2) is 20.8 Å². The number of nitrogens with two attached hydrogens (primary N) is 1. The van der Waals surface area contributed by atoms with E-state index in [-0.39, 0.29) is 18.1 Å². The smallest absolute Gasteiger partial charge is 0.416 e. The van der Waals surface area contributed by atoms with E-state index >= 15 is 0 Å². The van der Waals surface area contributed by atoms with E-state index in [1.165, 1.54) is 12.1 Å². The third-order valence-electron chi connectivity index (χ3n) is 2.50. The largest absolute Gasteiger partial charge is 0.494 e. The quantitative estimate of drug-likeness (QED) is 0.787. The van der Waals surface area contributed by atoms with Crippen molar-refractivity contribution < 1.29 is 26.3 Å². The Bertz CT molecular complexity index is 529. The van der Waals surface area contributed by atoms with Crippen molar-refractivity contribution in [2.24, 2.45) is 5.14 Å². The summed E-state index contributed by atoms with van der Waals surface area (Å²) in [5, 5.41) is 4.83. The monoisotopic (exact) mass is 311 g/mol. The second kappa shape index (κ2) is 6.94. The Balaban J connectivity index is 2.32. The standard InChI is InChI=1S/C12H16F3NO3S/c13-12(14,15)10-5-4-6-11(9-10)19-7-2-1-3-8-20(16,17)18/h4-6,9H,1-3,7-8H2,(H2,16,17,18). The van der Waals surface area contributed by atoms with Gasteiger partial charge in [-0.15, -0.1) is 0 Å². The fourth-order valence-corrected chi connectivity index (χ4v) is 2.14. The van der Waals surface area contributed by atoms with Crippen molar-refractivity contribution >= 4 is 10.0 Å². The highest BCUT2D eigenvalue weighted by Crippen LogP contribution is 2.31. The summed E-state index contributed by atoms with van der Waals surface area (Å²) in [6.45, 7) is 0.228. The number of rotatable bonds is 7. The van der Waals surface area contributed by atoms with Crippen LogP contribution >= 0.6 is 0 Å². The predicted octanol–water partition coefficient (Wildman–Crippen LogP) is 2.54. The molecule has 1 aromatic carbocycles. The lowest BCUT2D eigenvalue weighted by Gasteiger charge is -2.10. The van der Waals surface area contributed by atoms with Crippen molar-refractivity contribution in [1.82, 2.24) is 0 Å². The molecule has 0 radical (unpaired) electrons. The zero-order valence-electron chi connectivity index (χ0n) is 10.7. The van der Waals surface area contributed by atoms with Crippen LogP contribution in [0.15, 0.2) is 24.3 Å². The molecule has 0 unspecified atom stereocenters. The number of alkyl halides is 3. The number of sulfonamides is 1. The highest BCUT2D eigenvalue weighted by atomic mass is 32.2. The zero-order valence-corrected chi connectivity index (χ0v) is 11.5.